The van der Waals surface area contributed by atoms with Gasteiger partial charge in [-0.2, -0.15) is 0 Å². The Morgan fingerprint density at radius 2 is 1.94 bits per heavy atom. The number of alkyl halides is 1. The quantitative estimate of drug-likeness (QED) is 0.770. The number of nitrogens with zero attached hydrogens (tertiary/aromatic N) is 4. The van der Waals surface area contributed by atoms with Gasteiger partial charge in [0.05, 0.1) is 5.88 Å². The van der Waals surface area contributed by atoms with Crippen LogP contribution in [0.25, 0.3) is 11.4 Å². The van der Waals surface area contributed by atoms with E-state index in [-0.39, 0.29) is 6.04 Å². The Labute approximate surface area is 99.3 Å². The molecule has 0 atom stereocenters. The fourth-order valence-electron chi connectivity index (χ4n) is 1.66. The van der Waals surface area contributed by atoms with Crippen LogP contribution < -0.4 is 0 Å². The number of pyridine rings is 1. The van der Waals surface area contributed by atoms with E-state index in [2.05, 4.69) is 29.0 Å². The van der Waals surface area contributed by atoms with E-state index in [4.69, 9.17) is 11.6 Å². The molecular weight excluding hydrogens is 224 g/mol. The van der Waals surface area contributed by atoms with Crippen molar-refractivity contribution in [1.82, 2.24) is 19.7 Å². The molecule has 2 heterocycles. The summed E-state index contributed by atoms with van der Waals surface area (Å²) in [5.74, 6) is 2.01. The molecule has 0 N–H and O–H groups in total. The van der Waals surface area contributed by atoms with E-state index in [0.717, 1.165) is 17.2 Å². The van der Waals surface area contributed by atoms with Crippen molar-refractivity contribution < 1.29 is 0 Å². The van der Waals surface area contributed by atoms with E-state index in [1.165, 1.54) is 0 Å². The van der Waals surface area contributed by atoms with Gasteiger partial charge in [-0.3, -0.25) is 4.98 Å². The van der Waals surface area contributed by atoms with Crippen molar-refractivity contribution in [3.8, 4) is 11.4 Å². The molecule has 0 spiro atoms. The summed E-state index contributed by atoms with van der Waals surface area (Å²) in [6, 6.07) is 4.12. The molecule has 84 valence electrons. The predicted octanol–water partition coefficient (Wildman–Crippen LogP) is 2.66. The molecule has 0 aliphatic heterocycles. The van der Waals surface area contributed by atoms with Crippen LogP contribution in [0.3, 0.4) is 0 Å². The van der Waals surface area contributed by atoms with Crippen molar-refractivity contribution in [3.05, 3.63) is 30.4 Å². The van der Waals surface area contributed by atoms with Crippen molar-refractivity contribution in [1.29, 1.82) is 0 Å². The van der Waals surface area contributed by atoms with Crippen molar-refractivity contribution in [2.75, 3.05) is 0 Å². The second-order valence-corrected chi connectivity index (χ2v) is 4.04. The Bertz CT molecular complexity index is 464. The van der Waals surface area contributed by atoms with E-state index in [1.807, 2.05) is 16.7 Å². The van der Waals surface area contributed by atoms with Gasteiger partial charge in [-0.1, -0.05) is 0 Å². The topological polar surface area (TPSA) is 43.6 Å². The third kappa shape index (κ3) is 1.93. The van der Waals surface area contributed by atoms with Gasteiger partial charge in [0.1, 0.15) is 5.82 Å². The van der Waals surface area contributed by atoms with Gasteiger partial charge in [0.15, 0.2) is 5.82 Å². The Kier molecular flexibility index (Phi) is 3.19. The highest BCUT2D eigenvalue weighted by atomic mass is 35.5. The maximum atomic E-state index is 5.84. The molecule has 0 fully saturated rings. The number of hydrogen-bond acceptors (Lipinski definition) is 3. The predicted molar refractivity (Wildman–Crippen MR) is 63.2 cm³/mol. The van der Waals surface area contributed by atoms with Crippen LogP contribution >= 0.6 is 11.6 Å². The van der Waals surface area contributed by atoms with Gasteiger partial charge < -0.3 is 4.57 Å². The summed E-state index contributed by atoms with van der Waals surface area (Å²) in [5.41, 5.74) is 1.01. The maximum absolute atomic E-state index is 5.84. The molecule has 0 saturated heterocycles. The standard InChI is InChI=1S/C11H13ClN4/c1-8(2)16-10(7-12)14-15-11(16)9-3-5-13-6-4-9/h3-6,8H,7H2,1-2H3. The lowest BCUT2D eigenvalue weighted by Gasteiger charge is -2.12. The van der Waals surface area contributed by atoms with E-state index >= 15 is 0 Å². The number of hydrogen-bond donors (Lipinski definition) is 0. The zero-order valence-electron chi connectivity index (χ0n) is 9.26. The first kappa shape index (κ1) is 11.1. The minimum Gasteiger partial charge on any atom is -0.307 e. The van der Waals surface area contributed by atoms with Gasteiger partial charge in [0.25, 0.3) is 0 Å². The van der Waals surface area contributed by atoms with Gasteiger partial charge in [-0.15, -0.1) is 21.8 Å². The van der Waals surface area contributed by atoms with Crippen molar-refractivity contribution in [2.24, 2.45) is 0 Å². The molecule has 0 amide bonds. The molecule has 5 heteroatoms. The monoisotopic (exact) mass is 236 g/mol. The summed E-state index contributed by atoms with van der Waals surface area (Å²) in [6.45, 7) is 4.17. The summed E-state index contributed by atoms with van der Waals surface area (Å²) in [7, 11) is 0. The third-order valence-corrected chi connectivity index (χ3v) is 2.58. The van der Waals surface area contributed by atoms with Gasteiger partial charge >= 0.3 is 0 Å². The van der Waals surface area contributed by atoms with Crippen LogP contribution in [0.4, 0.5) is 0 Å². The lowest BCUT2D eigenvalue weighted by atomic mass is 10.2. The second-order valence-electron chi connectivity index (χ2n) is 3.77. The van der Waals surface area contributed by atoms with Crippen LogP contribution in [0.15, 0.2) is 24.5 Å². The summed E-state index contributed by atoms with van der Waals surface area (Å²) < 4.78 is 2.04. The number of aromatic nitrogens is 4. The first-order valence-corrected chi connectivity index (χ1v) is 5.67. The molecule has 0 aliphatic carbocycles. The third-order valence-electron chi connectivity index (χ3n) is 2.34. The zero-order chi connectivity index (χ0) is 11.5. The second kappa shape index (κ2) is 4.61. The van der Waals surface area contributed by atoms with Crippen LogP contribution in [-0.4, -0.2) is 19.7 Å². The Balaban J connectivity index is 2.53. The number of rotatable bonds is 3. The molecule has 0 saturated carbocycles. The van der Waals surface area contributed by atoms with Crippen LogP contribution in [-0.2, 0) is 5.88 Å². The summed E-state index contributed by atoms with van der Waals surface area (Å²) in [4.78, 5) is 3.99. The first-order valence-electron chi connectivity index (χ1n) is 5.14. The van der Waals surface area contributed by atoms with Crippen LogP contribution in [0.1, 0.15) is 25.7 Å². The number of halogens is 1. The largest absolute Gasteiger partial charge is 0.307 e. The molecule has 0 unspecified atom stereocenters. The van der Waals surface area contributed by atoms with Crippen LogP contribution in [0.2, 0.25) is 0 Å². The maximum Gasteiger partial charge on any atom is 0.164 e. The minimum atomic E-state index is 0.284. The molecule has 2 aromatic rings. The summed E-state index contributed by atoms with van der Waals surface area (Å²) >= 11 is 5.84. The molecule has 2 rings (SSSR count). The molecule has 0 aromatic carbocycles. The Hall–Kier alpha value is -1.42. The van der Waals surface area contributed by atoms with Gasteiger partial charge in [0.2, 0.25) is 0 Å². The van der Waals surface area contributed by atoms with Gasteiger partial charge in [0, 0.05) is 24.0 Å². The molecule has 0 radical (unpaired) electrons. The lowest BCUT2D eigenvalue weighted by Crippen LogP contribution is -2.06. The Morgan fingerprint density at radius 3 is 2.50 bits per heavy atom. The lowest BCUT2D eigenvalue weighted by molar-refractivity contribution is 0.585. The highest BCUT2D eigenvalue weighted by Crippen LogP contribution is 2.22. The molecule has 0 bridgehead atoms. The molecule has 0 aliphatic rings. The highest BCUT2D eigenvalue weighted by Gasteiger charge is 2.14. The van der Waals surface area contributed by atoms with Gasteiger partial charge in [-0.25, -0.2) is 0 Å². The fourth-order valence-corrected chi connectivity index (χ4v) is 1.84. The van der Waals surface area contributed by atoms with Crippen LogP contribution in [0.5, 0.6) is 0 Å². The zero-order valence-corrected chi connectivity index (χ0v) is 10.0. The minimum absolute atomic E-state index is 0.284. The SMILES string of the molecule is CC(C)n1c(CCl)nnc1-c1ccncc1. The van der Waals surface area contributed by atoms with Crippen LogP contribution in [0, 0.1) is 0 Å². The molecule has 16 heavy (non-hydrogen) atoms. The van der Waals surface area contributed by atoms with Crippen molar-refractivity contribution >= 4 is 11.6 Å². The smallest absolute Gasteiger partial charge is 0.164 e. The first-order chi connectivity index (χ1) is 7.74. The molecular formula is C11H13ClN4. The fraction of sp³-hybridized carbons (Fsp3) is 0.364. The molecule has 2 aromatic heterocycles. The summed E-state index contributed by atoms with van der Waals surface area (Å²) in [6.07, 6.45) is 3.49. The summed E-state index contributed by atoms with van der Waals surface area (Å²) in [5, 5.41) is 8.27. The van der Waals surface area contributed by atoms with Gasteiger partial charge in [-0.05, 0) is 26.0 Å². The van der Waals surface area contributed by atoms with E-state index in [9.17, 15) is 0 Å². The molecule has 4 nitrogen and oxygen atoms in total. The van der Waals surface area contributed by atoms with E-state index in [1.54, 1.807) is 12.4 Å². The normalized spacial score (nSPS) is 11.0. The highest BCUT2D eigenvalue weighted by molar-refractivity contribution is 6.16. The average molecular weight is 237 g/mol. The van der Waals surface area contributed by atoms with Crippen molar-refractivity contribution in [2.45, 2.75) is 25.8 Å². The average Bonchev–Trinajstić information content (AvgIpc) is 2.73. The Morgan fingerprint density at radius 1 is 1.25 bits per heavy atom. The van der Waals surface area contributed by atoms with Crippen molar-refractivity contribution in [3.63, 3.8) is 0 Å². The van der Waals surface area contributed by atoms with E-state index in [0.29, 0.717) is 5.88 Å². The van der Waals surface area contributed by atoms with E-state index < -0.39 is 0 Å².